The third kappa shape index (κ3) is 3.46. The Labute approximate surface area is 127 Å². The van der Waals surface area contributed by atoms with E-state index < -0.39 is 20.8 Å². The van der Waals surface area contributed by atoms with Crippen molar-refractivity contribution >= 4 is 15.7 Å². The smallest absolute Gasteiger partial charge is 0.258 e. The summed E-state index contributed by atoms with van der Waals surface area (Å²) in [5.74, 6) is -0.460. The van der Waals surface area contributed by atoms with E-state index in [1.807, 2.05) is 0 Å². The van der Waals surface area contributed by atoms with Crippen molar-refractivity contribution in [2.24, 2.45) is 0 Å². The predicted octanol–water partition coefficient (Wildman–Crippen LogP) is 2.55. The van der Waals surface area contributed by atoms with Crippen molar-refractivity contribution in [3.8, 4) is 0 Å². The first kappa shape index (κ1) is 16.1. The molecule has 0 aliphatic heterocycles. The fourth-order valence-electron chi connectivity index (χ4n) is 1.91. The van der Waals surface area contributed by atoms with E-state index in [1.165, 1.54) is 43.4 Å². The van der Waals surface area contributed by atoms with Gasteiger partial charge in [-0.15, -0.1) is 0 Å². The summed E-state index contributed by atoms with van der Waals surface area (Å²) in [6, 6.07) is 10.4. The first-order valence-corrected chi connectivity index (χ1v) is 7.70. The molecule has 0 saturated carbocycles. The van der Waals surface area contributed by atoms with Crippen LogP contribution in [0.3, 0.4) is 0 Å². The SMILES string of the molecule is CN(Cc1cccc(F)c1)S(=O)(=O)c1cccc([N+](=O)[O-])c1. The second-order valence-corrected chi connectivity index (χ2v) is 6.69. The molecule has 0 aromatic heterocycles. The van der Waals surface area contributed by atoms with Crippen molar-refractivity contribution in [2.75, 3.05) is 7.05 Å². The molecule has 0 unspecified atom stereocenters. The van der Waals surface area contributed by atoms with Gasteiger partial charge in [0.25, 0.3) is 5.69 Å². The van der Waals surface area contributed by atoms with E-state index in [-0.39, 0.29) is 17.1 Å². The molecule has 2 aromatic rings. The van der Waals surface area contributed by atoms with Crippen LogP contribution in [0.5, 0.6) is 0 Å². The number of nitro benzene ring substituents is 1. The zero-order chi connectivity index (χ0) is 16.3. The van der Waals surface area contributed by atoms with Crippen LogP contribution >= 0.6 is 0 Å². The zero-order valence-corrected chi connectivity index (χ0v) is 12.5. The van der Waals surface area contributed by atoms with Crippen molar-refractivity contribution in [1.82, 2.24) is 4.31 Å². The minimum Gasteiger partial charge on any atom is -0.258 e. The lowest BCUT2D eigenvalue weighted by Crippen LogP contribution is -2.26. The van der Waals surface area contributed by atoms with Gasteiger partial charge < -0.3 is 0 Å². The van der Waals surface area contributed by atoms with E-state index in [1.54, 1.807) is 6.07 Å². The highest BCUT2D eigenvalue weighted by Gasteiger charge is 2.23. The summed E-state index contributed by atoms with van der Waals surface area (Å²) >= 11 is 0. The normalized spacial score (nSPS) is 11.6. The lowest BCUT2D eigenvalue weighted by atomic mass is 10.2. The zero-order valence-electron chi connectivity index (χ0n) is 11.6. The summed E-state index contributed by atoms with van der Waals surface area (Å²) < 4.78 is 39.0. The monoisotopic (exact) mass is 324 g/mol. The van der Waals surface area contributed by atoms with E-state index in [9.17, 15) is 22.9 Å². The lowest BCUT2D eigenvalue weighted by molar-refractivity contribution is -0.385. The van der Waals surface area contributed by atoms with Crippen LogP contribution in [0.15, 0.2) is 53.4 Å². The van der Waals surface area contributed by atoms with Gasteiger partial charge in [0.05, 0.1) is 9.82 Å². The van der Waals surface area contributed by atoms with E-state index in [4.69, 9.17) is 0 Å². The minimum atomic E-state index is -3.90. The molecule has 0 atom stereocenters. The van der Waals surface area contributed by atoms with Gasteiger partial charge in [0.1, 0.15) is 5.82 Å². The Kier molecular flexibility index (Phi) is 4.53. The number of hydrogen-bond acceptors (Lipinski definition) is 4. The standard InChI is InChI=1S/C14H13FN2O4S/c1-16(10-11-4-2-5-12(15)8-11)22(20,21)14-7-3-6-13(9-14)17(18)19/h2-9H,10H2,1H3. The molecule has 0 fully saturated rings. The Morgan fingerprint density at radius 3 is 2.50 bits per heavy atom. The summed E-state index contributed by atoms with van der Waals surface area (Å²) in [5, 5.41) is 10.7. The second-order valence-electron chi connectivity index (χ2n) is 4.65. The van der Waals surface area contributed by atoms with E-state index in [0.29, 0.717) is 5.56 Å². The average molecular weight is 324 g/mol. The molecule has 0 bridgehead atoms. The summed E-state index contributed by atoms with van der Waals surface area (Å²) in [6.45, 7) is -0.0389. The molecular formula is C14H13FN2O4S. The van der Waals surface area contributed by atoms with Crippen molar-refractivity contribution < 1.29 is 17.7 Å². The van der Waals surface area contributed by atoms with Gasteiger partial charge in [0.15, 0.2) is 0 Å². The number of hydrogen-bond donors (Lipinski definition) is 0. The van der Waals surface area contributed by atoms with Gasteiger partial charge in [-0.25, -0.2) is 12.8 Å². The number of benzene rings is 2. The molecule has 0 aliphatic carbocycles. The maximum atomic E-state index is 13.1. The molecule has 0 radical (unpaired) electrons. The van der Waals surface area contributed by atoms with Gasteiger partial charge in [-0.1, -0.05) is 18.2 Å². The number of rotatable bonds is 5. The Balaban J connectivity index is 2.29. The maximum absolute atomic E-state index is 13.1. The molecule has 0 heterocycles. The van der Waals surface area contributed by atoms with Crippen LogP contribution in [0.2, 0.25) is 0 Å². The van der Waals surface area contributed by atoms with Crippen LogP contribution in [0, 0.1) is 15.9 Å². The van der Waals surface area contributed by atoms with Gasteiger partial charge in [-0.2, -0.15) is 4.31 Å². The topological polar surface area (TPSA) is 80.5 Å². The van der Waals surface area contributed by atoms with Crippen LogP contribution in [0.25, 0.3) is 0 Å². The quantitative estimate of drug-likeness (QED) is 0.625. The van der Waals surface area contributed by atoms with Gasteiger partial charge in [0, 0.05) is 25.7 Å². The fourth-order valence-corrected chi connectivity index (χ4v) is 3.11. The molecule has 0 saturated heterocycles. The minimum absolute atomic E-state index is 0.0389. The largest absolute Gasteiger partial charge is 0.270 e. The maximum Gasteiger partial charge on any atom is 0.270 e. The highest BCUT2D eigenvalue weighted by atomic mass is 32.2. The molecule has 0 aliphatic rings. The molecule has 8 heteroatoms. The Hall–Kier alpha value is -2.32. The van der Waals surface area contributed by atoms with Gasteiger partial charge in [-0.3, -0.25) is 10.1 Å². The van der Waals surface area contributed by atoms with E-state index in [0.717, 1.165) is 10.4 Å². The number of nitrogens with zero attached hydrogens (tertiary/aromatic N) is 2. The molecule has 0 N–H and O–H groups in total. The van der Waals surface area contributed by atoms with Gasteiger partial charge in [0.2, 0.25) is 10.0 Å². The number of sulfonamides is 1. The predicted molar refractivity (Wildman–Crippen MR) is 78.1 cm³/mol. The molecule has 0 amide bonds. The number of halogens is 1. The van der Waals surface area contributed by atoms with Crippen molar-refractivity contribution in [3.63, 3.8) is 0 Å². The van der Waals surface area contributed by atoms with Crippen LogP contribution in [0.4, 0.5) is 10.1 Å². The molecule has 2 rings (SSSR count). The molecule has 0 spiro atoms. The first-order chi connectivity index (χ1) is 10.3. The Bertz CT molecular complexity index is 808. The van der Waals surface area contributed by atoms with Crippen LogP contribution < -0.4 is 0 Å². The van der Waals surface area contributed by atoms with E-state index >= 15 is 0 Å². The van der Waals surface area contributed by atoms with Crippen molar-refractivity contribution in [2.45, 2.75) is 11.4 Å². The first-order valence-electron chi connectivity index (χ1n) is 6.26. The number of non-ortho nitro benzene ring substituents is 1. The number of nitro groups is 1. The summed E-state index contributed by atoms with van der Waals surface area (Å²) in [6.07, 6.45) is 0. The average Bonchev–Trinajstić information content (AvgIpc) is 2.47. The third-order valence-corrected chi connectivity index (χ3v) is 4.83. The summed E-state index contributed by atoms with van der Waals surface area (Å²) in [4.78, 5) is 9.89. The molecule has 2 aromatic carbocycles. The van der Waals surface area contributed by atoms with Gasteiger partial charge in [-0.05, 0) is 23.8 Å². The highest BCUT2D eigenvalue weighted by Crippen LogP contribution is 2.21. The van der Waals surface area contributed by atoms with Crippen molar-refractivity contribution in [1.29, 1.82) is 0 Å². The molecular weight excluding hydrogens is 311 g/mol. The third-order valence-electron chi connectivity index (χ3n) is 3.03. The van der Waals surface area contributed by atoms with Crippen LogP contribution in [-0.4, -0.2) is 24.7 Å². The lowest BCUT2D eigenvalue weighted by Gasteiger charge is -2.17. The fraction of sp³-hybridized carbons (Fsp3) is 0.143. The van der Waals surface area contributed by atoms with E-state index in [2.05, 4.69) is 0 Å². The Morgan fingerprint density at radius 2 is 1.86 bits per heavy atom. The summed E-state index contributed by atoms with van der Waals surface area (Å²) in [5.41, 5.74) is 0.178. The highest BCUT2D eigenvalue weighted by molar-refractivity contribution is 7.89. The van der Waals surface area contributed by atoms with Crippen molar-refractivity contribution in [3.05, 3.63) is 70.0 Å². The Morgan fingerprint density at radius 1 is 1.18 bits per heavy atom. The van der Waals surface area contributed by atoms with Gasteiger partial charge >= 0.3 is 0 Å². The molecule has 6 nitrogen and oxygen atoms in total. The van der Waals surface area contributed by atoms with Crippen LogP contribution in [0.1, 0.15) is 5.56 Å². The van der Waals surface area contributed by atoms with Crippen LogP contribution in [-0.2, 0) is 16.6 Å². The second kappa shape index (κ2) is 6.20. The summed E-state index contributed by atoms with van der Waals surface area (Å²) in [7, 11) is -2.57. The molecule has 116 valence electrons. The molecule has 22 heavy (non-hydrogen) atoms.